The van der Waals surface area contributed by atoms with E-state index in [2.05, 4.69) is 70.4 Å². The van der Waals surface area contributed by atoms with Crippen LogP contribution in [0.2, 0.25) is 0 Å². The molecule has 2 unspecified atom stereocenters. The molecule has 1 heterocycles. The van der Waals surface area contributed by atoms with Gasteiger partial charge in [0.2, 0.25) is 0 Å². The first-order valence-electron chi connectivity index (χ1n) is 6.62. The van der Waals surface area contributed by atoms with Gasteiger partial charge in [-0.1, -0.05) is 48.0 Å². The first kappa shape index (κ1) is 14.2. The predicted octanol–water partition coefficient (Wildman–Crippen LogP) is 4.30. The van der Waals surface area contributed by atoms with Crippen LogP contribution in [0.15, 0.2) is 53.1 Å². The first-order chi connectivity index (χ1) is 9.22. The zero-order chi connectivity index (χ0) is 13.7. The highest BCUT2D eigenvalue weighted by atomic mass is 79.9. The number of aromatic nitrogens is 1. The summed E-state index contributed by atoms with van der Waals surface area (Å²) in [5.74, 6) is 0.329. The quantitative estimate of drug-likeness (QED) is 0.889. The van der Waals surface area contributed by atoms with E-state index in [1.54, 1.807) is 0 Å². The van der Waals surface area contributed by atoms with Crippen LogP contribution < -0.4 is 5.32 Å². The van der Waals surface area contributed by atoms with E-state index in [1.165, 1.54) is 5.56 Å². The summed E-state index contributed by atoms with van der Waals surface area (Å²) in [5, 5.41) is 3.56. The van der Waals surface area contributed by atoms with Crippen LogP contribution in [0.5, 0.6) is 0 Å². The van der Waals surface area contributed by atoms with E-state index < -0.39 is 0 Å². The van der Waals surface area contributed by atoms with E-state index in [1.807, 2.05) is 18.3 Å². The Kier molecular flexibility index (Phi) is 5.11. The molecule has 0 aliphatic rings. The van der Waals surface area contributed by atoms with Crippen molar-refractivity contribution < 1.29 is 0 Å². The smallest absolute Gasteiger partial charge is 0.0450 e. The maximum absolute atomic E-state index is 4.48. The van der Waals surface area contributed by atoms with E-state index in [0.29, 0.717) is 5.92 Å². The maximum Gasteiger partial charge on any atom is 0.0450 e. The van der Waals surface area contributed by atoms with Gasteiger partial charge in [0.15, 0.2) is 0 Å². The summed E-state index contributed by atoms with van der Waals surface area (Å²) in [6, 6.07) is 14.8. The second-order valence-electron chi connectivity index (χ2n) is 4.63. The topological polar surface area (TPSA) is 24.9 Å². The summed E-state index contributed by atoms with van der Waals surface area (Å²) in [4.78, 5) is 4.48. The molecule has 0 bridgehead atoms. The molecule has 3 heteroatoms. The third-order valence-electron chi connectivity index (χ3n) is 3.29. The number of hydrogen-bond donors (Lipinski definition) is 1. The van der Waals surface area contributed by atoms with Crippen LogP contribution in [-0.2, 0) is 0 Å². The molecule has 19 heavy (non-hydrogen) atoms. The lowest BCUT2D eigenvalue weighted by Gasteiger charge is -2.25. The van der Waals surface area contributed by atoms with E-state index in [9.17, 15) is 0 Å². The molecule has 100 valence electrons. The number of benzene rings is 1. The minimum atomic E-state index is 0.275. The van der Waals surface area contributed by atoms with Crippen LogP contribution in [0, 0.1) is 0 Å². The molecule has 0 aliphatic carbocycles. The number of rotatable bonds is 5. The molecular formula is C16H19BrN2. The summed E-state index contributed by atoms with van der Waals surface area (Å²) in [7, 11) is 0. The minimum Gasteiger partial charge on any atom is -0.310 e. The average molecular weight is 319 g/mol. The zero-order valence-electron chi connectivity index (χ0n) is 11.3. The highest BCUT2D eigenvalue weighted by Crippen LogP contribution is 2.30. The lowest BCUT2D eigenvalue weighted by Crippen LogP contribution is -2.26. The summed E-state index contributed by atoms with van der Waals surface area (Å²) in [6.07, 6.45) is 1.86. The van der Waals surface area contributed by atoms with Crippen LogP contribution >= 0.6 is 15.9 Å². The molecule has 0 fully saturated rings. The normalized spacial score (nSPS) is 14.1. The summed E-state index contributed by atoms with van der Waals surface area (Å²) < 4.78 is 1.11. The Morgan fingerprint density at radius 1 is 1.21 bits per heavy atom. The molecule has 0 saturated carbocycles. The largest absolute Gasteiger partial charge is 0.310 e. The van der Waals surface area contributed by atoms with Crippen molar-refractivity contribution >= 4 is 15.9 Å². The van der Waals surface area contributed by atoms with E-state index in [0.717, 1.165) is 16.7 Å². The molecule has 0 aliphatic heterocycles. The van der Waals surface area contributed by atoms with Gasteiger partial charge < -0.3 is 5.32 Å². The molecule has 0 amide bonds. The fraction of sp³-hybridized carbons (Fsp3) is 0.312. The summed E-state index contributed by atoms with van der Waals surface area (Å²) in [6.45, 7) is 5.29. The second-order valence-corrected chi connectivity index (χ2v) is 5.55. The SMILES string of the molecule is CCNC(c1cccc(Br)c1)C(C)c1ccccn1. The van der Waals surface area contributed by atoms with Crippen molar-refractivity contribution in [1.29, 1.82) is 0 Å². The molecule has 1 aromatic carbocycles. The van der Waals surface area contributed by atoms with Gasteiger partial charge in [-0.2, -0.15) is 0 Å². The van der Waals surface area contributed by atoms with Crippen LogP contribution in [-0.4, -0.2) is 11.5 Å². The zero-order valence-corrected chi connectivity index (χ0v) is 12.9. The molecule has 0 radical (unpaired) electrons. The molecule has 1 aromatic heterocycles. The van der Waals surface area contributed by atoms with Gasteiger partial charge in [0.05, 0.1) is 0 Å². The Labute approximate surface area is 123 Å². The van der Waals surface area contributed by atoms with Crippen LogP contribution in [0.1, 0.15) is 37.1 Å². The number of nitrogens with zero attached hydrogens (tertiary/aromatic N) is 1. The molecule has 2 aromatic rings. The van der Waals surface area contributed by atoms with Crippen molar-refractivity contribution in [3.63, 3.8) is 0 Å². The van der Waals surface area contributed by atoms with Gasteiger partial charge in [-0.25, -0.2) is 0 Å². The van der Waals surface area contributed by atoms with E-state index >= 15 is 0 Å². The molecule has 2 rings (SSSR count). The number of nitrogens with one attached hydrogen (secondary N) is 1. The summed E-state index contributed by atoms with van der Waals surface area (Å²) >= 11 is 3.54. The molecule has 2 nitrogen and oxygen atoms in total. The number of likely N-dealkylation sites (N-methyl/N-ethyl adjacent to an activating group) is 1. The van der Waals surface area contributed by atoms with Crippen LogP contribution in [0.4, 0.5) is 0 Å². The standard InChI is InChI=1S/C16H19BrN2/c1-3-18-16(13-7-6-8-14(17)11-13)12(2)15-9-4-5-10-19-15/h4-12,16,18H,3H2,1-2H3. The number of halogens is 1. The number of pyridine rings is 1. The van der Waals surface area contributed by atoms with Crippen molar-refractivity contribution in [1.82, 2.24) is 10.3 Å². The average Bonchev–Trinajstić information content (AvgIpc) is 2.45. The molecular weight excluding hydrogens is 300 g/mol. The Hall–Kier alpha value is -1.19. The van der Waals surface area contributed by atoms with Gasteiger partial charge in [0.25, 0.3) is 0 Å². The third kappa shape index (κ3) is 3.64. The van der Waals surface area contributed by atoms with Gasteiger partial charge in [-0.3, -0.25) is 4.98 Å². The van der Waals surface area contributed by atoms with Crippen molar-refractivity contribution in [2.45, 2.75) is 25.8 Å². The van der Waals surface area contributed by atoms with Gasteiger partial charge in [-0.05, 0) is 36.4 Å². The Bertz CT molecular complexity index is 513. The fourth-order valence-corrected chi connectivity index (χ4v) is 2.74. The maximum atomic E-state index is 4.48. The van der Waals surface area contributed by atoms with E-state index in [4.69, 9.17) is 0 Å². The molecule has 2 atom stereocenters. The van der Waals surface area contributed by atoms with Crippen molar-refractivity contribution in [2.24, 2.45) is 0 Å². The third-order valence-corrected chi connectivity index (χ3v) is 3.78. The Morgan fingerprint density at radius 2 is 2.05 bits per heavy atom. The lowest BCUT2D eigenvalue weighted by molar-refractivity contribution is 0.472. The van der Waals surface area contributed by atoms with Crippen molar-refractivity contribution in [2.75, 3.05) is 6.54 Å². The fourth-order valence-electron chi connectivity index (χ4n) is 2.32. The Balaban J connectivity index is 2.30. The van der Waals surface area contributed by atoms with Gasteiger partial charge in [-0.15, -0.1) is 0 Å². The van der Waals surface area contributed by atoms with Crippen molar-refractivity contribution in [3.05, 3.63) is 64.4 Å². The molecule has 0 spiro atoms. The molecule has 1 N–H and O–H groups in total. The van der Waals surface area contributed by atoms with Crippen molar-refractivity contribution in [3.8, 4) is 0 Å². The lowest BCUT2D eigenvalue weighted by atomic mass is 9.91. The van der Waals surface area contributed by atoms with Gasteiger partial charge in [0.1, 0.15) is 0 Å². The first-order valence-corrected chi connectivity index (χ1v) is 7.41. The van der Waals surface area contributed by atoms with Gasteiger partial charge in [0, 0.05) is 28.3 Å². The van der Waals surface area contributed by atoms with Gasteiger partial charge >= 0.3 is 0 Å². The highest BCUT2D eigenvalue weighted by molar-refractivity contribution is 9.10. The minimum absolute atomic E-state index is 0.275. The summed E-state index contributed by atoms with van der Waals surface area (Å²) in [5.41, 5.74) is 2.41. The van der Waals surface area contributed by atoms with E-state index in [-0.39, 0.29) is 6.04 Å². The number of hydrogen-bond acceptors (Lipinski definition) is 2. The highest BCUT2D eigenvalue weighted by Gasteiger charge is 2.20. The van der Waals surface area contributed by atoms with Crippen LogP contribution in [0.3, 0.4) is 0 Å². The predicted molar refractivity (Wildman–Crippen MR) is 83.2 cm³/mol. The second kappa shape index (κ2) is 6.83. The molecule has 0 saturated heterocycles. The Morgan fingerprint density at radius 3 is 2.68 bits per heavy atom. The monoisotopic (exact) mass is 318 g/mol. The van der Waals surface area contributed by atoms with Crippen LogP contribution in [0.25, 0.3) is 0 Å².